The van der Waals surface area contributed by atoms with Crippen LogP contribution in [0.5, 0.6) is 0 Å². The van der Waals surface area contributed by atoms with E-state index in [1.165, 1.54) is 0 Å². The summed E-state index contributed by atoms with van der Waals surface area (Å²) in [6.07, 6.45) is -5.68. The zero-order chi connectivity index (χ0) is 25.3. The first kappa shape index (κ1) is 36.6. The summed E-state index contributed by atoms with van der Waals surface area (Å²) in [4.78, 5) is 89.7. The fourth-order valence-corrected chi connectivity index (χ4v) is 2.23. The molecule has 18 heteroatoms. The van der Waals surface area contributed by atoms with Crippen LogP contribution in [0.4, 0.5) is 0 Å². The van der Waals surface area contributed by atoms with Gasteiger partial charge < -0.3 is 45.8 Å². The maximum absolute atomic E-state index is 11.8. The first-order valence-electron chi connectivity index (χ1n) is 8.03. The van der Waals surface area contributed by atoms with Crippen molar-refractivity contribution < 1.29 is 84.2 Å². The number of rotatable bonds is 14. The molecule has 0 aliphatic heterocycles. The normalized spacial score (nSPS) is 10.7. The van der Waals surface area contributed by atoms with Crippen molar-refractivity contribution in [2.45, 2.75) is 36.9 Å². The monoisotopic (exact) mass is 548 g/mol. The second kappa shape index (κ2) is 15.8. The quantitative estimate of drug-likeness (QED) is 0.0767. The molecule has 0 aliphatic carbocycles. The molecule has 6 N–H and O–H groups in total. The summed E-state index contributed by atoms with van der Waals surface area (Å²) in [6.45, 7) is 0. The van der Waals surface area contributed by atoms with Crippen LogP contribution in [-0.2, 0) is 47.8 Å². The minimum Gasteiger partial charge on any atom is -1.00 e. The number of carboxylic acid groups (broad SMARTS) is 6. The minimum atomic E-state index is -3.07. The molecular formula is C16H20Ca2O16. The van der Waals surface area contributed by atoms with Crippen LogP contribution < -0.4 is 0 Å². The van der Waals surface area contributed by atoms with Crippen molar-refractivity contribution in [3.05, 3.63) is 12.2 Å². The van der Waals surface area contributed by atoms with Crippen molar-refractivity contribution in [1.29, 1.82) is 0 Å². The van der Waals surface area contributed by atoms with Gasteiger partial charge in [-0.3, -0.25) is 19.2 Å². The minimum absolute atomic E-state index is 0. The van der Waals surface area contributed by atoms with E-state index in [1.807, 2.05) is 0 Å². The largest absolute Gasteiger partial charge is 2.00 e. The first-order chi connectivity index (χ1) is 14.5. The summed E-state index contributed by atoms with van der Waals surface area (Å²) in [5.74, 6) is -15.2. The zero-order valence-electron chi connectivity index (χ0n) is 21.2. The van der Waals surface area contributed by atoms with Gasteiger partial charge in [-0.2, -0.15) is 0 Å². The maximum Gasteiger partial charge on any atom is 2.00 e. The molecule has 0 bridgehead atoms. The van der Waals surface area contributed by atoms with Gasteiger partial charge in [0.1, 0.15) is 0 Å². The molecule has 184 valence electrons. The van der Waals surface area contributed by atoms with Crippen LogP contribution in [0.3, 0.4) is 0 Å². The number of esters is 2. The Hall–Kier alpha value is -1.98. The SMILES string of the molecule is O=C(O)CC(CC(=O)O)(OC(=O)/C=C/C(=O)OC(CC(=O)O)(CC(=O)O)C(=O)O)C(=O)O.[Ca+2].[Ca+2].[H-].[H-].[H-].[H-]. The molecule has 0 aromatic carbocycles. The Kier molecular flexibility index (Phi) is 17.0. The molecule has 16 nitrogen and oxygen atoms in total. The standard InChI is InChI=1S/C16H16O16.2Ca.4H/c17-7(18)3-15(13(27)28,4-8(19)20)31-11(25)1-2-12(26)32-16(14(29)30,5-9(21)22)6-10(23)24;;;;;;/h1-2H,3-6H2,(H,17,18)(H,19,20)(H,21,22)(H,23,24)(H,27,28)(H,29,30);;;;;;/q;2*+2;4*-1/b2-1+;;;;;;. The van der Waals surface area contributed by atoms with E-state index in [1.54, 1.807) is 0 Å². The van der Waals surface area contributed by atoms with Gasteiger partial charge in [-0.1, -0.05) is 0 Å². The van der Waals surface area contributed by atoms with Crippen molar-refractivity contribution in [3.8, 4) is 0 Å². The van der Waals surface area contributed by atoms with Gasteiger partial charge in [-0.05, 0) is 0 Å². The molecule has 0 rings (SSSR count). The summed E-state index contributed by atoms with van der Waals surface area (Å²) >= 11 is 0. The molecule has 0 heterocycles. The second-order valence-electron chi connectivity index (χ2n) is 6.06. The number of aliphatic carboxylic acids is 6. The average molecular weight is 548 g/mol. The summed E-state index contributed by atoms with van der Waals surface area (Å²) in [5, 5.41) is 53.4. The molecule has 0 atom stereocenters. The Morgan fingerprint density at radius 2 is 0.735 bits per heavy atom. The summed E-state index contributed by atoms with van der Waals surface area (Å²) in [6, 6.07) is 0. The van der Waals surface area contributed by atoms with E-state index in [-0.39, 0.29) is 93.3 Å². The molecule has 0 spiro atoms. The van der Waals surface area contributed by atoms with Crippen LogP contribution in [0.15, 0.2) is 12.2 Å². The van der Waals surface area contributed by atoms with Crippen LogP contribution in [0.25, 0.3) is 0 Å². The third-order valence-electron chi connectivity index (χ3n) is 3.47. The van der Waals surface area contributed by atoms with Crippen molar-refractivity contribution in [2.75, 3.05) is 0 Å². The molecule has 0 aliphatic rings. The van der Waals surface area contributed by atoms with E-state index < -0.39 is 84.6 Å². The van der Waals surface area contributed by atoms with Crippen molar-refractivity contribution in [2.24, 2.45) is 0 Å². The molecule has 34 heavy (non-hydrogen) atoms. The maximum atomic E-state index is 11.8. The summed E-state index contributed by atoms with van der Waals surface area (Å²) < 4.78 is 8.76. The molecule has 0 unspecified atom stereocenters. The van der Waals surface area contributed by atoms with Crippen molar-refractivity contribution in [3.63, 3.8) is 0 Å². The van der Waals surface area contributed by atoms with Gasteiger partial charge >= 0.3 is 123 Å². The van der Waals surface area contributed by atoms with Gasteiger partial charge in [0.2, 0.25) is 11.2 Å². The Morgan fingerprint density at radius 1 is 0.529 bits per heavy atom. The van der Waals surface area contributed by atoms with Gasteiger partial charge in [-0.25, -0.2) is 19.2 Å². The summed E-state index contributed by atoms with van der Waals surface area (Å²) in [5.41, 5.74) is -6.14. The van der Waals surface area contributed by atoms with Crippen LogP contribution in [-0.4, -0.2) is 165 Å². The van der Waals surface area contributed by atoms with E-state index >= 15 is 0 Å². The number of hydrogen-bond acceptors (Lipinski definition) is 10. The van der Waals surface area contributed by atoms with Crippen molar-refractivity contribution >= 4 is 123 Å². The third kappa shape index (κ3) is 12.5. The topological polar surface area (TPSA) is 276 Å². The van der Waals surface area contributed by atoms with Gasteiger partial charge in [-0.15, -0.1) is 0 Å². The second-order valence-corrected chi connectivity index (χ2v) is 6.06. The molecule has 0 amide bonds. The Labute approximate surface area is 254 Å². The molecule has 0 radical (unpaired) electrons. The van der Waals surface area contributed by atoms with Gasteiger partial charge in [0, 0.05) is 12.2 Å². The zero-order valence-corrected chi connectivity index (χ0v) is 21.6. The Balaban J connectivity index is -0.000000320. The molecule has 0 fully saturated rings. The fraction of sp³-hybridized carbons (Fsp3) is 0.375. The van der Waals surface area contributed by atoms with Crippen LogP contribution in [0.1, 0.15) is 31.4 Å². The predicted molar refractivity (Wildman–Crippen MR) is 107 cm³/mol. The van der Waals surface area contributed by atoms with E-state index in [0.717, 1.165) is 0 Å². The van der Waals surface area contributed by atoms with Crippen LogP contribution >= 0.6 is 0 Å². The predicted octanol–water partition coefficient (Wildman–Crippen LogP) is -2.14. The molecular weight excluding hydrogens is 528 g/mol. The van der Waals surface area contributed by atoms with Crippen molar-refractivity contribution in [1.82, 2.24) is 0 Å². The smallest absolute Gasteiger partial charge is 1.00 e. The van der Waals surface area contributed by atoms with E-state index in [2.05, 4.69) is 9.47 Å². The third-order valence-corrected chi connectivity index (χ3v) is 3.47. The average Bonchev–Trinajstić information content (AvgIpc) is 2.57. The number of hydrogen-bond donors (Lipinski definition) is 6. The van der Waals surface area contributed by atoms with Gasteiger partial charge in [0.05, 0.1) is 25.7 Å². The van der Waals surface area contributed by atoms with Crippen LogP contribution in [0.2, 0.25) is 0 Å². The van der Waals surface area contributed by atoms with Crippen LogP contribution in [0, 0.1) is 0 Å². The van der Waals surface area contributed by atoms with E-state index in [0.29, 0.717) is 0 Å². The van der Waals surface area contributed by atoms with E-state index in [9.17, 15) is 38.4 Å². The first-order valence-corrected chi connectivity index (χ1v) is 8.03. The number of carboxylic acids is 6. The number of carbonyl (C=O) groups is 8. The van der Waals surface area contributed by atoms with E-state index in [4.69, 9.17) is 30.6 Å². The van der Waals surface area contributed by atoms with Gasteiger partial charge in [0.25, 0.3) is 0 Å². The Morgan fingerprint density at radius 3 is 0.882 bits per heavy atom. The number of carbonyl (C=O) groups excluding carboxylic acids is 2. The Bertz CT molecular complexity index is 793. The summed E-state index contributed by atoms with van der Waals surface area (Å²) in [7, 11) is 0. The molecule has 0 aromatic heterocycles. The molecule has 0 saturated heterocycles. The molecule has 0 aromatic rings. The van der Waals surface area contributed by atoms with Gasteiger partial charge in [0.15, 0.2) is 0 Å². The molecule has 0 saturated carbocycles. The number of ether oxygens (including phenoxy) is 2. The fourth-order valence-electron chi connectivity index (χ4n) is 2.23.